The zero-order valence-electron chi connectivity index (χ0n) is 15.3. The summed E-state index contributed by atoms with van der Waals surface area (Å²) in [6.45, 7) is 8.07. The van der Waals surface area contributed by atoms with Crippen LogP contribution in [0.15, 0.2) is 12.2 Å². The number of hydrogen-bond donors (Lipinski definition) is 4. The van der Waals surface area contributed by atoms with Gasteiger partial charge in [0.25, 0.3) is 0 Å². The molecule has 6 nitrogen and oxygen atoms in total. The average molecular weight is 364 g/mol. The van der Waals surface area contributed by atoms with Gasteiger partial charge in [-0.05, 0) is 42.6 Å². The number of fused-ring (bicyclic) bond motifs is 2. The lowest BCUT2D eigenvalue weighted by atomic mass is 9.35. The number of hydrogen-bond acceptors (Lipinski definition) is 6. The Hall–Kier alpha value is -0.790. The van der Waals surface area contributed by atoms with Gasteiger partial charge >= 0.3 is 0 Å². The van der Waals surface area contributed by atoms with Gasteiger partial charge in [-0.1, -0.05) is 20.4 Å². The Morgan fingerprint density at radius 3 is 2.50 bits per heavy atom. The van der Waals surface area contributed by atoms with E-state index in [1.165, 1.54) is 0 Å². The van der Waals surface area contributed by atoms with Gasteiger partial charge in [-0.25, -0.2) is 0 Å². The van der Waals surface area contributed by atoms with Crippen molar-refractivity contribution in [3.05, 3.63) is 12.2 Å². The average Bonchev–Trinajstić information content (AvgIpc) is 2.69. The van der Waals surface area contributed by atoms with E-state index in [4.69, 9.17) is 4.74 Å². The summed E-state index contributed by atoms with van der Waals surface area (Å²) in [5.41, 5.74) is -2.49. The molecular weight excluding hydrogens is 336 g/mol. The Morgan fingerprint density at radius 2 is 1.81 bits per heavy atom. The van der Waals surface area contributed by atoms with Crippen LogP contribution in [0.5, 0.6) is 0 Å². The van der Waals surface area contributed by atoms with Crippen molar-refractivity contribution in [1.29, 1.82) is 0 Å². The maximum Gasteiger partial charge on any atom is 0.208 e. The molecule has 144 valence electrons. The van der Waals surface area contributed by atoms with Crippen molar-refractivity contribution in [3.8, 4) is 0 Å². The van der Waals surface area contributed by atoms with Crippen LogP contribution in [-0.4, -0.2) is 56.9 Å². The molecule has 0 amide bonds. The summed E-state index contributed by atoms with van der Waals surface area (Å²) >= 11 is 0. The van der Waals surface area contributed by atoms with E-state index in [1.807, 2.05) is 13.8 Å². The number of carbonyl (C=O) groups is 1. The van der Waals surface area contributed by atoms with Crippen LogP contribution < -0.4 is 0 Å². The normalized spacial score (nSPS) is 59.9. The molecule has 0 radical (unpaired) electrons. The molecule has 0 aromatic heterocycles. The first-order chi connectivity index (χ1) is 12.1. The second-order valence-corrected chi connectivity index (χ2v) is 9.97. The van der Waals surface area contributed by atoms with Gasteiger partial charge < -0.3 is 25.2 Å². The summed E-state index contributed by atoms with van der Waals surface area (Å²) in [7, 11) is 0. The lowest BCUT2D eigenvalue weighted by molar-refractivity contribution is -0.458. The summed E-state index contributed by atoms with van der Waals surface area (Å²) in [5.74, 6) is -3.80. The summed E-state index contributed by atoms with van der Waals surface area (Å²) < 4.78 is 5.80. The molecule has 4 saturated carbocycles. The first-order valence-corrected chi connectivity index (χ1v) is 9.71. The molecule has 0 aromatic carbocycles. The van der Waals surface area contributed by atoms with E-state index in [0.717, 1.165) is 6.42 Å². The third-order valence-corrected chi connectivity index (χ3v) is 8.88. The van der Waals surface area contributed by atoms with Gasteiger partial charge in [0.15, 0.2) is 5.78 Å². The van der Waals surface area contributed by atoms with Gasteiger partial charge in [-0.3, -0.25) is 4.79 Å². The summed E-state index contributed by atoms with van der Waals surface area (Å²) in [6, 6.07) is 0. The first-order valence-electron chi connectivity index (χ1n) is 9.71. The molecule has 26 heavy (non-hydrogen) atoms. The van der Waals surface area contributed by atoms with Gasteiger partial charge in [-0.15, -0.1) is 0 Å². The number of carbonyl (C=O) groups excluding carboxylic acids is 1. The third kappa shape index (κ3) is 1.41. The fourth-order valence-corrected chi connectivity index (χ4v) is 7.90. The Labute approximate surface area is 152 Å². The molecule has 0 aromatic rings. The van der Waals surface area contributed by atoms with E-state index < -0.39 is 58.5 Å². The van der Waals surface area contributed by atoms with E-state index >= 15 is 0 Å². The molecule has 2 heterocycles. The van der Waals surface area contributed by atoms with Crippen molar-refractivity contribution in [2.75, 3.05) is 6.61 Å². The van der Waals surface area contributed by atoms with Gasteiger partial charge in [0.2, 0.25) is 5.79 Å². The van der Waals surface area contributed by atoms with Crippen LogP contribution in [-0.2, 0) is 9.53 Å². The van der Waals surface area contributed by atoms with Gasteiger partial charge in [-0.2, -0.15) is 0 Å². The Kier molecular flexibility index (Phi) is 3.07. The van der Waals surface area contributed by atoms with Crippen LogP contribution in [0.4, 0.5) is 0 Å². The van der Waals surface area contributed by atoms with Crippen LogP contribution in [0.25, 0.3) is 0 Å². The van der Waals surface area contributed by atoms with Crippen molar-refractivity contribution in [1.82, 2.24) is 0 Å². The summed E-state index contributed by atoms with van der Waals surface area (Å²) in [5, 5.41) is 45.1. The smallest absolute Gasteiger partial charge is 0.208 e. The number of ketones is 1. The first kappa shape index (κ1) is 17.3. The number of aliphatic hydroxyl groups is 4. The predicted molar refractivity (Wildman–Crippen MR) is 90.7 cm³/mol. The lowest BCUT2D eigenvalue weighted by Crippen LogP contribution is -2.85. The number of Topliss-reactive ketones (excluding diaryl/α,β-unsaturated/α-hetero) is 1. The highest BCUT2D eigenvalue weighted by Gasteiger charge is 2.86. The monoisotopic (exact) mass is 364 g/mol. The van der Waals surface area contributed by atoms with Crippen LogP contribution in [0.1, 0.15) is 39.5 Å². The van der Waals surface area contributed by atoms with E-state index in [9.17, 15) is 25.2 Å². The molecular formula is C20H28O6. The molecule has 4 bridgehead atoms. The van der Waals surface area contributed by atoms with Crippen molar-refractivity contribution in [3.63, 3.8) is 0 Å². The van der Waals surface area contributed by atoms with E-state index in [1.54, 1.807) is 0 Å². The second kappa shape index (κ2) is 4.61. The van der Waals surface area contributed by atoms with Gasteiger partial charge in [0, 0.05) is 17.3 Å². The summed E-state index contributed by atoms with van der Waals surface area (Å²) in [4.78, 5) is 13.3. The predicted octanol–water partition coefficient (Wildman–Crippen LogP) is 0.376. The second-order valence-electron chi connectivity index (χ2n) is 9.97. The Balaban J connectivity index is 1.81. The molecule has 6 rings (SSSR count). The highest BCUT2D eigenvalue weighted by molar-refractivity contribution is 6.05. The van der Waals surface area contributed by atoms with Gasteiger partial charge in [0.1, 0.15) is 11.5 Å². The van der Waals surface area contributed by atoms with Crippen molar-refractivity contribution in [2.45, 2.75) is 63.6 Å². The van der Waals surface area contributed by atoms with Crippen LogP contribution in [0.3, 0.4) is 0 Å². The highest BCUT2D eigenvalue weighted by Crippen LogP contribution is 2.76. The van der Waals surface area contributed by atoms with Crippen molar-refractivity contribution in [2.24, 2.45) is 34.0 Å². The number of aliphatic hydroxyl groups excluding tert-OH is 3. The van der Waals surface area contributed by atoms with E-state index in [2.05, 4.69) is 6.58 Å². The SMILES string of the molecule is C=C1C(=O)[C@]23[C@H](O)[C@@H]1CC[C@H]2[C@@]12CO[C@@]3(O)[C@@H](O)[C@@H]1C(C)(C)CC[C@@H]2O. The van der Waals surface area contributed by atoms with E-state index in [-0.39, 0.29) is 12.0 Å². The maximum atomic E-state index is 13.3. The molecule has 2 aliphatic heterocycles. The molecule has 6 fully saturated rings. The maximum absolute atomic E-state index is 13.3. The third-order valence-electron chi connectivity index (χ3n) is 8.88. The minimum absolute atomic E-state index is 0.0966. The standard InChI is InChI=1S/C20H28O6/c1-9-10-4-5-11-18-8-26-20(25,19(11,14(9)22)15(10)23)16(24)13(18)17(2,3)7-6-12(18)21/h10-13,15-16,21,23-25H,1,4-8H2,2-3H3/t10-,11+,12+,13-,15-,16+,18-,19+,20+/m1/s1. The number of rotatable bonds is 0. The number of ether oxygens (including phenoxy) is 1. The van der Waals surface area contributed by atoms with Crippen molar-refractivity contribution < 1.29 is 30.0 Å². The van der Waals surface area contributed by atoms with Crippen LogP contribution in [0, 0.1) is 34.0 Å². The highest BCUT2D eigenvalue weighted by atomic mass is 16.6. The van der Waals surface area contributed by atoms with Crippen LogP contribution in [0.2, 0.25) is 0 Å². The molecule has 0 unspecified atom stereocenters. The minimum Gasteiger partial charge on any atom is -0.392 e. The molecule has 6 aliphatic rings. The summed E-state index contributed by atoms with van der Waals surface area (Å²) in [6.07, 6.45) is -0.747. The molecule has 6 heteroatoms. The minimum atomic E-state index is -2.15. The molecule has 2 spiro atoms. The zero-order chi connectivity index (χ0) is 18.9. The molecule has 9 atom stereocenters. The molecule has 2 saturated heterocycles. The largest absolute Gasteiger partial charge is 0.392 e. The Morgan fingerprint density at radius 1 is 1.12 bits per heavy atom. The fraction of sp³-hybridized carbons (Fsp3) is 0.850. The topological polar surface area (TPSA) is 107 Å². The Bertz CT molecular complexity index is 717. The van der Waals surface area contributed by atoms with Crippen LogP contribution >= 0.6 is 0 Å². The fourth-order valence-electron chi connectivity index (χ4n) is 7.90. The van der Waals surface area contributed by atoms with Crippen molar-refractivity contribution >= 4 is 5.78 Å². The molecule has 4 N–H and O–H groups in total. The van der Waals surface area contributed by atoms with Gasteiger partial charge in [0.05, 0.1) is 18.8 Å². The van der Waals surface area contributed by atoms with E-state index in [0.29, 0.717) is 24.8 Å². The molecule has 4 aliphatic carbocycles. The zero-order valence-corrected chi connectivity index (χ0v) is 15.3. The quantitative estimate of drug-likeness (QED) is 0.463. The lowest BCUT2D eigenvalue weighted by Gasteiger charge is -2.74.